The van der Waals surface area contributed by atoms with E-state index in [2.05, 4.69) is 10.1 Å². The number of ether oxygens (including phenoxy) is 1. The van der Waals surface area contributed by atoms with Crippen LogP contribution >= 0.6 is 0 Å². The minimum atomic E-state index is -4.78. The Kier molecular flexibility index (Phi) is 7.22. The molecule has 0 saturated heterocycles. The van der Waals surface area contributed by atoms with Crippen LogP contribution in [0.1, 0.15) is 19.4 Å². The molecule has 6 nitrogen and oxygen atoms in total. The summed E-state index contributed by atoms with van der Waals surface area (Å²) in [5, 5.41) is 2.44. The lowest BCUT2D eigenvalue weighted by Gasteiger charge is -2.20. The van der Waals surface area contributed by atoms with Crippen molar-refractivity contribution < 1.29 is 27.5 Å². The second-order valence-electron chi connectivity index (χ2n) is 5.93. The molecule has 3 N–H and O–H groups in total. The number of alkyl halides is 3. The fourth-order valence-corrected chi connectivity index (χ4v) is 1.92. The van der Waals surface area contributed by atoms with Crippen LogP contribution in [0.4, 0.5) is 13.2 Å². The predicted octanol–water partition coefficient (Wildman–Crippen LogP) is 1.64. The van der Waals surface area contributed by atoms with Crippen LogP contribution in [0.25, 0.3) is 0 Å². The van der Waals surface area contributed by atoms with Gasteiger partial charge in [0, 0.05) is 13.6 Å². The van der Waals surface area contributed by atoms with Crippen LogP contribution in [0.15, 0.2) is 24.3 Å². The number of likely N-dealkylation sites (N-methyl/N-ethyl adjacent to an activating group) is 1. The number of carbonyl (C=O) groups excluding carboxylic acids is 2. The fourth-order valence-electron chi connectivity index (χ4n) is 1.92. The molecular weight excluding hydrogens is 339 g/mol. The van der Waals surface area contributed by atoms with Crippen LogP contribution in [0.2, 0.25) is 0 Å². The summed E-state index contributed by atoms with van der Waals surface area (Å²) in [5.41, 5.74) is 6.13. The number of carbonyl (C=O) groups is 2. The molecule has 0 aliphatic heterocycles. The normalized spacial score (nSPS) is 12.6. The van der Waals surface area contributed by atoms with Gasteiger partial charge < -0.3 is 20.7 Å². The third-order valence-corrected chi connectivity index (χ3v) is 3.41. The summed E-state index contributed by atoms with van der Waals surface area (Å²) < 4.78 is 40.5. The zero-order valence-corrected chi connectivity index (χ0v) is 14.3. The van der Waals surface area contributed by atoms with E-state index in [9.17, 15) is 22.8 Å². The van der Waals surface area contributed by atoms with E-state index in [4.69, 9.17) is 5.73 Å². The molecule has 0 fully saturated rings. The number of hydrogen-bond donors (Lipinski definition) is 2. The van der Waals surface area contributed by atoms with Crippen LogP contribution in [0.3, 0.4) is 0 Å². The van der Waals surface area contributed by atoms with E-state index in [0.717, 1.165) is 0 Å². The van der Waals surface area contributed by atoms with Gasteiger partial charge in [-0.05, 0) is 23.6 Å². The van der Waals surface area contributed by atoms with Crippen molar-refractivity contribution in [2.75, 3.05) is 13.6 Å². The number of nitrogens with one attached hydrogen (secondary N) is 1. The summed E-state index contributed by atoms with van der Waals surface area (Å²) in [7, 11) is 1.48. The van der Waals surface area contributed by atoms with Crippen molar-refractivity contribution in [3.8, 4) is 5.75 Å². The molecule has 2 amide bonds. The number of halogens is 3. The summed E-state index contributed by atoms with van der Waals surface area (Å²) in [6.45, 7) is 3.40. The lowest BCUT2D eigenvalue weighted by atomic mass is 10.1. The lowest BCUT2D eigenvalue weighted by molar-refractivity contribution is -0.274. The van der Waals surface area contributed by atoms with Crippen molar-refractivity contribution in [3.05, 3.63) is 29.8 Å². The van der Waals surface area contributed by atoms with E-state index in [1.165, 1.54) is 30.1 Å². The SMILES string of the molecule is CC(C)[C@H](N)C(=O)NCC(=O)N(C)Cc1cccc(OC(F)(F)F)c1. The van der Waals surface area contributed by atoms with Crippen LogP contribution in [-0.4, -0.2) is 42.7 Å². The fraction of sp³-hybridized carbons (Fsp3) is 0.500. The molecule has 0 aromatic heterocycles. The van der Waals surface area contributed by atoms with Gasteiger partial charge in [-0.2, -0.15) is 0 Å². The summed E-state index contributed by atoms with van der Waals surface area (Å²) >= 11 is 0. The lowest BCUT2D eigenvalue weighted by Crippen LogP contribution is -2.47. The van der Waals surface area contributed by atoms with E-state index in [1.807, 2.05) is 0 Å². The first-order valence-electron chi connectivity index (χ1n) is 7.61. The average Bonchev–Trinajstić information content (AvgIpc) is 2.49. The highest BCUT2D eigenvalue weighted by Gasteiger charge is 2.31. The second-order valence-corrected chi connectivity index (χ2v) is 5.93. The van der Waals surface area contributed by atoms with Gasteiger partial charge in [-0.25, -0.2) is 0 Å². The molecule has 0 saturated carbocycles. The molecule has 0 spiro atoms. The van der Waals surface area contributed by atoms with Crippen molar-refractivity contribution in [2.24, 2.45) is 11.7 Å². The maximum absolute atomic E-state index is 12.2. The topological polar surface area (TPSA) is 84.7 Å². The molecule has 0 radical (unpaired) electrons. The molecule has 9 heteroatoms. The van der Waals surface area contributed by atoms with Gasteiger partial charge in [-0.3, -0.25) is 9.59 Å². The molecule has 1 rings (SSSR count). The van der Waals surface area contributed by atoms with Crippen LogP contribution < -0.4 is 15.8 Å². The number of benzene rings is 1. The Morgan fingerprint density at radius 1 is 1.32 bits per heavy atom. The number of hydrogen-bond acceptors (Lipinski definition) is 4. The number of amides is 2. The van der Waals surface area contributed by atoms with E-state index in [0.29, 0.717) is 5.56 Å². The Hall–Kier alpha value is -2.29. The number of rotatable bonds is 7. The van der Waals surface area contributed by atoms with Crippen LogP contribution in [0, 0.1) is 5.92 Å². The third kappa shape index (κ3) is 7.42. The van der Waals surface area contributed by atoms with Crippen LogP contribution in [-0.2, 0) is 16.1 Å². The maximum atomic E-state index is 12.2. The van der Waals surface area contributed by atoms with Gasteiger partial charge in [0.25, 0.3) is 0 Å². The molecule has 0 bridgehead atoms. The van der Waals surface area contributed by atoms with Gasteiger partial charge in [0.15, 0.2) is 0 Å². The zero-order chi connectivity index (χ0) is 19.2. The molecule has 1 aromatic carbocycles. The Balaban J connectivity index is 2.58. The first kappa shape index (κ1) is 20.8. The monoisotopic (exact) mass is 361 g/mol. The minimum Gasteiger partial charge on any atom is -0.406 e. The Labute approximate surface area is 144 Å². The molecule has 0 aliphatic rings. The number of nitrogens with zero attached hydrogens (tertiary/aromatic N) is 1. The van der Waals surface area contributed by atoms with Crippen molar-refractivity contribution in [1.29, 1.82) is 0 Å². The van der Waals surface area contributed by atoms with Crippen LogP contribution in [0.5, 0.6) is 5.75 Å². The Bertz CT molecular complexity index is 606. The van der Waals surface area contributed by atoms with Crippen molar-refractivity contribution in [3.63, 3.8) is 0 Å². The quantitative estimate of drug-likeness (QED) is 0.773. The Morgan fingerprint density at radius 2 is 1.96 bits per heavy atom. The molecule has 25 heavy (non-hydrogen) atoms. The van der Waals surface area contributed by atoms with Crippen molar-refractivity contribution in [1.82, 2.24) is 10.2 Å². The van der Waals surface area contributed by atoms with Gasteiger partial charge in [0.2, 0.25) is 11.8 Å². The Morgan fingerprint density at radius 3 is 2.52 bits per heavy atom. The first-order valence-corrected chi connectivity index (χ1v) is 7.61. The van der Waals surface area contributed by atoms with Crippen molar-refractivity contribution in [2.45, 2.75) is 32.8 Å². The van der Waals surface area contributed by atoms with E-state index >= 15 is 0 Å². The molecular formula is C16H22F3N3O3. The minimum absolute atomic E-state index is 0.0656. The molecule has 0 aliphatic carbocycles. The van der Waals surface area contributed by atoms with Gasteiger partial charge in [-0.15, -0.1) is 13.2 Å². The molecule has 0 unspecified atom stereocenters. The van der Waals surface area contributed by atoms with Gasteiger partial charge in [0.1, 0.15) is 5.75 Å². The van der Waals surface area contributed by atoms with Gasteiger partial charge in [-0.1, -0.05) is 26.0 Å². The second kappa shape index (κ2) is 8.70. The third-order valence-electron chi connectivity index (χ3n) is 3.41. The predicted molar refractivity (Wildman–Crippen MR) is 85.4 cm³/mol. The van der Waals surface area contributed by atoms with E-state index in [-0.39, 0.29) is 24.8 Å². The summed E-state index contributed by atoms with van der Waals surface area (Å²) in [4.78, 5) is 25.0. The highest BCUT2D eigenvalue weighted by atomic mass is 19.4. The molecule has 1 atom stereocenters. The van der Waals surface area contributed by atoms with E-state index in [1.54, 1.807) is 19.9 Å². The molecule has 1 aromatic rings. The average molecular weight is 361 g/mol. The smallest absolute Gasteiger partial charge is 0.406 e. The van der Waals surface area contributed by atoms with Gasteiger partial charge in [0.05, 0.1) is 12.6 Å². The summed E-state index contributed by atoms with van der Waals surface area (Å²) in [6.07, 6.45) is -4.78. The standard InChI is InChI=1S/C16H22F3N3O3/c1-10(2)14(20)15(24)21-8-13(23)22(3)9-11-5-4-6-12(7-11)25-16(17,18)19/h4-7,10,14H,8-9,20H2,1-3H3,(H,21,24)/t14-/m0/s1. The van der Waals surface area contributed by atoms with Crippen molar-refractivity contribution >= 4 is 11.8 Å². The highest BCUT2D eigenvalue weighted by molar-refractivity contribution is 5.87. The highest BCUT2D eigenvalue weighted by Crippen LogP contribution is 2.23. The van der Waals surface area contributed by atoms with Gasteiger partial charge >= 0.3 is 6.36 Å². The summed E-state index contributed by atoms with van der Waals surface area (Å²) in [6, 6.07) is 4.63. The maximum Gasteiger partial charge on any atom is 0.573 e. The zero-order valence-electron chi connectivity index (χ0n) is 14.3. The van der Waals surface area contributed by atoms with E-state index < -0.39 is 24.2 Å². The first-order chi connectivity index (χ1) is 11.5. The summed E-state index contributed by atoms with van der Waals surface area (Å²) in [5.74, 6) is -1.25. The molecule has 140 valence electrons. The molecule has 0 heterocycles. The number of nitrogens with two attached hydrogens (primary N) is 1. The largest absolute Gasteiger partial charge is 0.573 e.